The lowest BCUT2D eigenvalue weighted by molar-refractivity contribution is -0.122. The van der Waals surface area contributed by atoms with Gasteiger partial charge in [0.05, 0.1) is 6.21 Å². The molecular formula is C16H18N2O3. The molecule has 0 bridgehead atoms. The van der Waals surface area contributed by atoms with Crippen molar-refractivity contribution in [1.82, 2.24) is 5.43 Å². The second-order valence-corrected chi connectivity index (χ2v) is 5.98. The number of hydrogen-bond donors (Lipinski definition) is 1. The third-order valence-corrected chi connectivity index (χ3v) is 4.74. The number of rotatable bonds is 3. The Morgan fingerprint density at radius 2 is 1.95 bits per heavy atom. The zero-order valence-corrected chi connectivity index (χ0v) is 11.7. The highest BCUT2D eigenvalue weighted by Gasteiger charge is 2.54. The molecule has 1 heterocycles. The van der Waals surface area contributed by atoms with Crippen LogP contribution in [0.3, 0.4) is 0 Å². The van der Waals surface area contributed by atoms with E-state index in [0.29, 0.717) is 11.8 Å². The highest BCUT2D eigenvalue weighted by atomic mass is 16.7. The number of carbonyl (C=O) groups excluding carboxylic acids is 1. The summed E-state index contributed by atoms with van der Waals surface area (Å²) in [5.74, 6) is 2.96. The summed E-state index contributed by atoms with van der Waals surface area (Å²) in [7, 11) is 0. The third-order valence-electron chi connectivity index (χ3n) is 4.74. The van der Waals surface area contributed by atoms with E-state index in [0.717, 1.165) is 17.1 Å². The molecule has 5 nitrogen and oxygen atoms in total. The molecule has 4 rings (SSSR count). The Morgan fingerprint density at radius 1 is 1.19 bits per heavy atom. The lowest BCUT2D eigenvalue weighted by Gasteiger charge is -2.04. The number of nitrogens with one attached hydrogen (secondary N) is 1. The van der Waals surface area contributed by atoms with Crippen LogP contribution < -0.4 is 14.9 Å². The van der Waals surface area contributed by atoms with Crippen molar-refractivity contribution in [2.24, 2.45) is 22.9 Å². The molecule has 2 aliphatic carbocycles. The number of amides is 1. The molecule has 1 amide bonds. The zero-order valence-electron chi connectivity index (χ0n) is 11.7. The molecular weight excluding hydrogens is 268 g/mol. The Bertz CT molecular complexity index is 587. The number of nitrogens with zero attached hydrogens (tertiary/aromatic N) is 1. The third kappa shape index (κ3) is 2.37. The summed E-state index contributed by atoms with van der Waals surface area (Å²) in [5, 5.41) is 4.07. The molecule has 1 aliphatic heterocycles. The first-order chi connectivity index (χ1) is 10.3. The average molecular weight is 286 g/mol. The molecule has 0 saturated heterocycles. The minimum absolute atomic E-state index is 0.0730. The Kier molecular flexibility index (Phi) is 3.05. The van der Waals surface area contributed by atoms with Gasteiger partial charge < -0.3 is 9.47 Å². The van der Waals surface area contributed by atoms with Crippen molar-refractivity contribution < 1.29 is 14.3 Å². The van der Waals surface area contributed by atoms with Crippen molar-refractivity contribution in [2.75, 3.05) is 6.79 Å². The molecule has 21 heavy (non-hydrogen) atoms. The molecule has 2 saturated carbocycles. The summed E-state index contributed by atoms with van der Waals surface area (Å²) in [5.41, 5.74) is 3.56. The van der Waals surface area contributed by atoms with E-state index >= 15 is 0 Å². The molecule has 1 N–H and O–H groups in total. The van der Waals surface area contributed by atoms with Gasteiger partial charge in [-0.2, -0.15) is 5.10 Å². The van der Waals surface area contributed by atoms with E-state index in [2.05, 4.69) is 10.5 Å². The van der Waals surface area contributed by atoms with Gasteiger partial charge in [-0.3, -0.25) is 4.79 Å². The first-order valence-electron chi connectivity index (χ1n) is 7.55. The van der Waals surface area contributed by atoms with Gasteiger partial charge in [0.25, 0.3) is 0 Å². The van der Waals surface area contributed by atoms with Crippen LogP contribution in [-0.2, 0) is 4.79 Å². The molecule has 1 aromatic carbocycles. The molecule has 0 aromatic heterocycles. The first-order valence-corrected chi connectivity index (χ1v) is 7.55. The van der Waals surface area contributed by atoms with E-state index in [1.54, 1.807) is 6.21 Å². The molecule has 3 aliphatic rings. The van der Waals surface area contributed by atoms with Crippen molar-refractivity contribution in [3.8, 4) is 11.5 Å². The fraction of sp³-hybridized carbons (Fsp3) is 0.500. The normalized spacial score (nSPS) is 29.2. The number of ether oxygens (including phenoxy) is 2. The Balaban J connectivity index is 1.35. The van der Waals surface area contributed by atoms with Crippen LogP contribution in [-0.4, -0.2) is 18.9 Å². The fourth-order valence-electron chi connectivity index (χ4n) is 3.62. The van der Waals surface area contributed by atoms with E-state index in [-0.39, 0.29) is 18.6 Å². The zero-order chi connectivity index (χ0) is 14.2. The monoisotopic (exact) mass is 286 g/mol. The number of fused-ring (bicyclic) bond motifs is 2. The largest absolute Gasteiger partial charge is 0.454 e. The predicted molar refractivity (Wildman–Crippen MR) is 77.2 cm³/mol. The van der Waals surface area contributed by atoms with Gasteiger partial charge in [-0.1, -0.05) is 12.8 Å². The lowest BCUT2D eigenvalue weighted by Crippen LogP contribution is -2.20. The van der Waals surface area contributed by atoms with Gasteiger partial charge in [0, 0.05) is 5.92 Å². The predicted octanol–water partition coefficient (Wildman–Crippen LogP) is 2.30. The summed E-state index contributed by atoms with van der Waals surface area (Å²) in [6.45, 7) is 0.261. The molecule has 5 heteroatoms. The van der Waals surface area contributed by atoms with E-state index in [1.165, 1.54) is 25.7 Å². The summed E-state index contributed by atoms with van der Waals surface area (Å²) in [6, 6.07) is 5.59. The van der Waals surface area contributed by atoms with Crippen LogP contribution in [0.1, 0.15) is 31.2 Å². The Hall–Kier alpha value is -2.04. The summed E-state index contributed by atoms with van der Waals surface area (Å²) in [6.07, 6.45) is 6.59. The summed E-state index contributed by atoms with van der Waals surface area (Å²) >= 11 is 0. The summed E-state index contributed by atoms with van der Waals surface area (Å²) in [4.78, 5) is 12.1. The van der Waals surface area contributed by atoms with Gasteiger partial charge in [-0.25, -0.2) is 5.43 Å². The minimum atomic E-state index is 0.0730. The summed E-state index contributed by atoms with van der Waals surface area (Å²) < 4.78 is 10.6. The molecule has 0 spiro atoms. The second kappa shape index (κ2) is 5.06. The van der Waals surface area contributed by atoms with Gasteiger partial charge in [0.1, 0.15) is 0 Å². The van der Waals surface area contributed by atoms with Crippen LogP contribution in [0.5, 0.6) is 11.5 Å². The number of hydrogen-bond acceptors (Lipinski definition) is 4. The van der Waals surface area contributed by atoms with Gasteiger partial charge in [-0.15, -0.1) is 0 Å². The van der Waals surface area contributed by atoms with Gasteiger partial charge in [0.15, 0.2) is 11.5 Å². The van der Waals surface area contributed by atoms with Crippen molar-refractivity contribution in [3.05, 3.63) is 23.8 Å². The highest BCUT2D eigenvalue weighted by molar-refractivity contribution is 5.85. The van der Waals surface area contributed by atoms with Crippen LogP contribution in [0.2, 0.25) is 0 Å². The van der Waals surface area contributed by atoms with E-state index < -0.39 is 0 Å². The maximum Gasteiger partial charge on any atom is 0.243 e. The van der Waals surface area contributed by atoms with E-state index in [1.807, 2.05) is 18.2 Å². The number of hydrazone groups is 1. The minimum Gasteiger partial charge on any atom is -0.454 e. The van der Waals surface area contributed by atoms with Crippen molar-refractivity contribution in [1.29, 1.82) is 0 Å². The second-order valence-electron chi connectivity index (χ2n) is 5.98. The molecule has 0 radical (unpaired) electrons. The molecule has 1 aromatic rings. The van der Waals surface area contributed by atoms with Crippen LogP contribution in [0.4, 0.5) is 0 Å². The smallest absolute Gasteiger partial charge is 0.243 e. The Labute approximate surface area is 123 Å². The fourth-order valence-corrected chi connectivity index (χ4v) is 3.62. The quantitative estimate of drug-likeness (QED) is 0.685. The number of benzene rings is 1. The highest BCUT2D eigenvalue weighted by Crippen LogP contribution is 2.55. The van der Waals surface area contributed by atoms with E-state index in [9.17, 15) is 4.79 Å². The SMILES string of the molecule is O=C(NN=Cc1ccc2c(c1)OCO2)C1C2CCCCC21. The maximum absolute atomic E-state index is 12.1. The molecule has 2 atom stereocenters. The average Bonchev–Trinajstić information content (AvgIpc) is 3.06. The van der Waals surface area contributed by atoms with E-state index in [4.69, 9.17) is 9.47 Å². The van der Waals surface area contributed by atoms with Crippen molar-refractivity contribution in [3.63, 3.8) is 0 Å². The standard InChI is InChI=1S/C16H18N2O3/c19-16(15-11-3-1-2-4-12(11)15)18-17-8-10-5-6-13-14(7-10)21-9-20-13/h5-8,11-12,15H,1-4,9H2,(H,18,19). The topological polar surface area (TPSA) is 59.9 Å². The molecule has 2 fully saturated rings. The van der Waals surface area contributed by atoms with Crippen LogP contribution >= 0.6 is 0 Å². The number of carbonyl (C=O) groups is 1. The molecule has 2 unspecified atom stereocenters. The van der Waals surface area contributed by atoms with Crippen molar-refractivity contribution in [2.45, 2.75) is 25.7 Å². The molecule has 110 valence electrons. The van der Waals surface area contributed by atoms with Gasteiger partial charge in [0.2, 0.25) is 12.7 Å². The Morgan fingerprint density at radius 3 is 2.76 bits per heavy atom. The lowest BCUT2D eigenvalue weighted by atomic mass is 10.0. The van der Waals surface area contributed by atoms with Gasteiger partial charge in [-0.05, 0) is 48.4 Å². The van der Waals surface area contributed by atoms with Gasteiger partial charge >= 0.3 is 0 Å². The van der Waals surface area contributed by atoms with Crippen LogP contribution in [0.15, 0.2) is 23.3 Å². The van der Waals surface area contributed by atoms with Crippen molar-refractivity contribution >= 4 is 12.1 Å². The maximum atomic E-state index is 12.1. The van der Waals surface area contributed by atoms with Crippen LogP contribution in [0, 0.1) is 17.8 Å². The first kappa shape index (κ1) is 12.7. The van der Waals surface area contributed by atoms with Crippen LogP contribution in [0.25, 0.3) is 0 Å².